The fourth-order valence-corrected chi connectivity index (χ4v) is 2.74. The molecule has 2 N–H and O–H groups in total. The van der Waals surface area contributed by atoms with Gasteiger partial charge >= 0.3 is 0 Å². The Morgan fingerprint density at radius 1 is 1.47 bits per heavy atom. The van der Waals surface area contributed by atoms with Crippen LogP contribution >= 0.6 is 0 Å². The third-order valence-electron chi connectivity index (χ3n) is 3.49. The van der Waals surface area contributed by atoms with Crippen molar-refractivity contribution in [2.75, 3.05) is 26.3 Å². The van der Waals surface area contributed by atoms with E-state index in [0.29, 0.717) is 24.9 Å². The van der Waals surface area contributed by atoms with Crippen LogP contribution in [0.1, 0.15) is 25.7 Å². The van der Waals surface area contributed by atoms with Gasteiger partial charge in [0.1, 0.15) is 0 Å². The molecule has 2 atom stereocenters. The molecule has 0 aliphatic carbocycles. The van der Waals surface area contributed by atoms with E-state index < -0.39 is 0 Å². The monoisotopic (exact) mass is 212 g/mol. The van der Waals surface area contributed by atoms with E-state index in [2.05, 4.69) is 0 Å². The van der Waals surface area contributed by atoms with Gasteiger partial charge in [-0.25, -0.2) is 0 Å². The van der Waals surface area contributed by atoms with Gasteiger partial charge in [-0.1, -0.05) is 0 Å². The van der Waals surface area contributed by atoms with Crippen LogP contribution in [0.4, 0.5) is 0 Å². The van der Waals surface area contributed by atoms with Crippen LogP contribution in [0.25, 0.3) is 0 Å². The van der Waals surface area contributed by atoms with Gasteiger partial charge in [0.15, 0.2) is 0 Å². The van der Waals surface area contributed by atoms with Crippen molar-refractivity contribution in [3.05, 3.63) is 0 Å². The first-order valence-corrected chi connectivity index (χ1v) is 5.90. The van der Waals surface area contributed by atoms with Gasteiger partial charge in [0.05, 0.1) is 6.61 Å². The number of amides is 1. The summed E-state index contributed by atoms with van der Waals surface area (Å²) in [5.74, 6) is 0.795. The number of carbonyl (C=O) groups is 1. The number of fused-ring (bicyclic) bond motifs is 1. The predicted molar refractivity (Wildman–Crippen MR) is 57.3 cm³/mol. The quantitative estimate of drug-likeness (QED) is 0.719. The van der Waals surface area contributed by atoms with Crippen molar-refractivity contribution in [2.45, 2.75) is 31.7 Å². The molecular weight excluding hydrogens is 192 g/mol. The minimum Gasteiger partial charge on any atom is -0.381 e. The standard InChI is InChI=1S/C11H20N2O2/c12-5-3-11(14)13-6-1-2-9-8-15-7-4-10(9)13/h9-10H,1-8,12H2. The molecule has 2 fully saturated rings. The van der Waals surface area contributed by atoms with E-state index >= 15 is 0 Å². The number of hydrogen-bond donors (Lipinski definition) is 1. The highest BCUT2D eigenvalue weighted by Crippen LogP contribution is 2.29. The SMILES string of the molecule is NCCC(=O)N1CCCC2COCCC21. The third-order valence-corrected chi connectivity index (χ3v) is 3.49. The summed E-state index contributed by atoms with van der Waals surface area (Å²) in [6, 6.07) is 0.423. The van der Waals surface area contributed by atoms with Crippen LogP contribution in [0, 0.1) is 5.92 Å². The first-order valence-electron chi connectivity index (χ1n) is 5.90. The average Bonchev–Trinajstić information content (AvgIpc) is 2.28. The summed E-state index contributed by atoms with van der Waals surface area (Å²) in [7, 11) is 0. The Balaban J connectivity index is 2.00. The largest absolute Gasteiger partial charge is 0.381 e. The van der Waals surface area contributed by atoms with Crippen molar-refractivity contribution in [3.8, 4) is 0 Å². The van der Waals surface area contributed by atoms with Crippen LogP contribution in [0.5, 0.6) is 0 Å². The molecule has 0 radical (unpaired) electrons. The van der Waals surface area contributed by atoms with E-state index in [1.165, 1.54) is 6.42 Å². The first-order chi connectivity index (χ1) is 7.33. The van der Waals surface area contributed by atoms with E-state index in [-0.39, 0.29) is 5.91 Å². The fourth-order valence-electron chi connectivity index (χ4n) is 2.74. The lowest BCUT2D eigenvalue weighted by Crippen LogP contribution is -2.52. The molecule has 2 unspecified atom stereocenters. The highest BCUT2D eigenvalue weighted by molar-refractivity contribution is 5.76. The van der Waals surface area contributed by atoms with Gasteiger partial charge in [-0.3, -0.25) is 4.79 Å². The van der Waals surface area contributed by atoms with Crippen LogP contribution < -0.4 is 5.73 Å². The van der Waals surface area contributed by atoms with Crippen molar-refractivity contribution >= 4 is 5.91 Å². The average molecular weight is 212 g/mol. The summed E-state index contributed by atoms with van der Waals surface area (Å²) < 4.78 is 5.46. The van der Waals surface area contributed by atoms with Crippen molar-refractivity contribution in [1.29, 1.82) is 0 Å². The maximum absolute atomic E-state index is 11.9. The highest BCUT2D eigenvalue weighted by Gasteiger charge is 2.35. The zero-order valence-electron chi connectivity index (χ0n) is 9.15. The third kappa shape index (κ3) is 2.32. The summed E-state index contributed by atoms with van der Waals surface area (Å²) in [5.41, 5.74) is 5.43. The molecule has 4 heteroatoms. The second-order valence-electron chi connectivity index (χ2n) is 4.46. The topological polar surface area (TPSA) is 55.6 Å². The van der Waals surface area contributed by atoms with E-state index in [9.17, 15) is 4.79 Å². The molecule has 2 rings (SSSR count). The minimum absolute atomic E-state index is 0.231. The second-order valence-corrected chi connectivity index (χ2v) is 4.46. The number of rotatable bonds is 2. The summed E-state index contributed by atoms with van der Waals surface area (Å²) in [6.07, 6.45) is 3.81. The summed E-state index contributed by atoms with van der Waals surface area (Å²) >= 11 is 0. The Labute approximate surface area is 90.8 Å². The van der Waals surface area contributed by atoms with Gasteiger partial charge in [-0.15, -0.1) is 0 Å². The zero-order chi connectivity index (χ0) is 10.7. The molecule has 86 valence electrons. The Hall–Kier alpha value is -0.610. The molecule has 2 aliphatic rings. The lowest BCUT2D eigenvalue weighted by Gasteiger charge is -2.43. The molecule has 0 aromatic carbocycles. The van der Waals surface area contributed by atoms with E-state index in [1.807, 2.05) is 4.90 Å². The van der Waals surface area contributed by atoms with Crippen molar-refractivity contribution in [1.82, 2.24) is 4.90 Å². The summed E-state index contributed by atoms with van der Waals surface area (Å²) in [4.78, 5) is 13.9. The van der Waals surface area contributed by atoms with Gasteiger partial charge in [-0.05, 0) is 19.3 Å². The molecule has 0 bridgehead atoms. The second kappa shape index (κ2) is 4.94. The summed E-state index contributed by atoms with van der Waals surface area (Å²) in [5, 5.41) is 0. The van der Waals surface area contributed by atoms with Gasteiger partial charge < -0.3 is 15.4 Å². The number of nitrogens with zero attached hydrogens (tertiary/aromatic N) is 1. The molecule has 4 nitrogen and oxygen atoms in total. The minimum atomic E-state index is 0.231. The molecular formula is C11H20N2O2. The highest BCUT2D eigenvalue weighted by atomic mass is 16.5. The van der Waals surface area contributed by atoms with Crippen molar-refractivity contribution in [3.63, 3.8) is 0 Å². The van der Waals surface area contributed by atoms with Crippen molar-refractivity contribution < 1.29 is 9.53 Å². The van der Waals surface area contributed by atoms with Crippen LogP contribution in [0.15, 0.2) is 0 Å². The van der Waals surface area contributed by atoms with E-state index in [1.54, 1.807) is 0 Å². The Morgan fingerprint density at radius 2 is 2.33 bits per heavy atom. The zero-order valence-corrected chi connectivity index (χ0v) is 9.15. The van der Waals surface area contributed by atoms with E-state index in [4.69, 9.17) is 10.5 Å². The molecule has 2 heterocycles. The van der Waals surface area contributed by atoms with Gasteiger partial charge in [0, 0.05) is 38.1 Å². The molecule has 15 heavy (non-hydrogen) atoms. The first kappa shape index (κ1) is 10.9. The number of piperidine rings is 1. The molecule has 2 saturated heterocycles. The number of ether oxygens (including phenoxy) is 1. The Bertz CT molecular complexity index is 231. The molecule has 0 saturated carbocycles. The molecule has 0 spiro atoms. The Kier molecular flexibility index (Phi) is 3.59. The molecule has 0 aromatic heterocycles. The molecule has 2 aliphatic heterocycles. The van der Waals surface area contributed by atoms with E-state index in [0.717, 1.165) is 32.6 Å². The van der Waals surface area contributed by atoms with Crippen LogP contribution in [-0.4, -0.2) is 43.2 Å². The lowest BCUT2D eigenvalue weighted by atomic mass is 9.86. The Morgan fingerprint density at radius 3 is 3.13 bits per heavy atom. The number of likely N-dealkylation sites (tertiary alicyclic amines) is 1. The summed E-state index contributed by atoms with van der Waals surface area (Å²) in [6.45, 7) is 3.01. The van der Waals surface area contributed by atoms with Crippen LogP contribution in [-0.2, 0) is 9.53 Å². The van der Waals surface area contributed by atoms with Gasteiger partial charge in [-0.2, -0.15) is 0 Å². The normalized spacial score (nSPS) is 31.1. The lowest BCUT2D eigenvalue weighted by molar-refractivity contribution is -0.140. The molecule has 1 amide bonds. The van der Waals surface area contributed by atoms with Gasteiger partial charge in [0.25, 0.3) is 0 Å². The maximum Gasteiger partial charge on any atom is 0.224 e. The predicted octanol–water partition coefficient (Wildman–Crippen LogP) is 0.363. The molecule has 0 aromatic rings. The van der Waals surface area contributed by atoms with Crippen molar-refractivity contribution in [2.24, 2.45) is 11.7 Å². The fraction of sp³-hybridized carbons (Fsp3) is 0.909. The maximum atomic E-state index is 11.9. The number of hydrogen-bond acceptors (Lipinski definition) is 3. The number of carbonyl (C=O) groups excluding carboxylic acids is 1. The van der Waals surface area contributed by atoms with Crippen LogP contribution in [0.3, 0.4) is 0 Å². The number of nitrogens with two attached hydrogens (primary N) is 1. The van der Waals surface area contributed by atoms with Gasteiger partial charge in [0.2, 0.25) is 5.91 Å². The smallest absolute Gasteiger partial charge is 0.224 e. The van der Waals surface area contributed by atoms with Crippen LogP contribution in [0.2, 0.25) is 0 Å².